The maximum absolute atomic E-state index is 14.2. The van der Waals surface area contributed by atoms with Gasteiger partial charge in [-0.3, -0.25) is 14.6 Å². The molecule has 0 spiro atoms. The van der Waals surface area contributed by atoms with Gasteiger partial charge in [-0.25, -0.2) is 4.79 Å². The molecule has 2 aliphatic heterocycles. The van der Waals surface area contributed by atoms with E-state index in [1.54, 1.807) is 65.1 Å². The zero-order valence-electron chi connectivity index (χ0n) is 36.7. The minimum atomic E-state index is -1.66. The van der Waals surface area contributed by atoms with Crippen LogP contribution in [0.15, 0.2) is 84.6 Å². The quantitative estimate of drug-likeness (QED) is 0.203. The Morgan fingerprint density at radius 1 is 1.03 bits per heavy atom. The summed E-state index contributed by atoms with van der Waals surface area (Å²) in [5.41, 5.74) is -0.598. The number of allylic oxidation sites excluding steroid dienone is 1. The normalized spacial score (nSPS) is 34.5. The highest BCUT2D eigenvalue weighted by atomic mass is 16.7. The van der Waals surface area contributed by atoms with Gasteiger partial charge >= 0.3 is 11.9 Å². The lowest BCUT2D eigenvalue weighted by Crippen LogP contribution is -2.60. The summed E-state index contributed by atoms with van der Waals surface area (Å²) in [7, 11) is 3.80. The molecule has 1 saturated heterocycles. The fourth-order valence-electron chi connectivity index (χ4n) is 8.69. The van der Waals surface area contributed by atoms with Crippen molar-refractivity contribution in [2.75, 3.05) is 20.7 Å². The number of Topliss-reactive ketones (excluding diaryl/α,β-unsaturated/α-hetero) is 1. The van der Waals surface area contributed by atoms with Gasteiger partial charge in [0.05, 0.1) is 53.6 Å². The van der Waals surface area contributed by atoms with Crippen LogP contribution in [-0.4, -0.2) is 113 Å². The van der Waals surface area contributed by atoms with Crippen molar-refractivity contribution in [3.05, 3.63) is 95.7 Å². The van der Waals surface area contributed by atoms with E-state index >= 15 is 0 Å². The average molecular weight is 829 g/mol. The number of aliphatic hydroxyl groups is 2. The Labute approximate surface area is 354 Å². The van der Waals surface area contributed by atoms with Crippen LogP contribution in [0.3, 0.4) is 0 Å². The Morgan fingerprint density at radius 3 is 2.40 bits per heavy atom. The smallest absolute Gasteiger partial charge is 0.338 e. The van der Waals surface area contributed by atoms with E-state index in [4.69, 9.17) is 23.7 Å². The first-order chi connectivity index (χ1) is 28.3. The van der Waals surface area contributed by atoms with Gasteiger partial charge in [-0.1, -0.05) is 69.3 Å². The zero-order valence-corrected chi connectivity index (χ0v) is 36.7. The summed E-state index contributed by atoms with van der Waals surface area (Å²) in [5.74, 6) is -4.10. The van der Waals surface area contributed by atoms with Gasteiger partial charge in [-0.05, 0) is 109 Å². The van der Waals surface area contributed by atoms with Crippen LogP contribution in [0.5, 0.6) is 0 Å². The molecule has 2 N–H and O–H groups in total. The van der Waals surface area contributed by atoms with E-state index in [1.165, 1.54) is 13.0 Å². The molecule has 0 saturated carbocycles. The molecule has 0 bridgehead atoms. The summed E-state index contributed by atoms with van der Waals surface area (Å²) in [6.45, 7) is 13.9. The maximum atomic E-state index is 14.2. The molecular formula is C48H64N2O10. The highest BCUT2D eigenvalue weighted by Gasteiger charge is 2.51. The standard InChI is InChI=1S/C48H64N2O10/c1-11-39-47(7,55)26-29(2)40(51)30(3)27-48(8,56-23-17-18-34-25-36-21-15-16-22-37(36)49-28-34)43(32(5)41(52)33(6)44(53)58-39)60-46-42(38(50(9)10)24-31(4)57-46)59-45(54)35-19-13-12-14-20-35/h12-22,25-26,28,30-33,38-39,41-43,46,52,55H,11,23-24,27H2,1-10H3/b18-17+,29-26+/t30-,31-,32+,33-,38+,39-,41+,42-,43-,46+,47+,48-/m1/s1. The second kappa shape index (κ2) is 20.0. The summed E-state index contributed by atoms with van der Waals surface area (Å²) in [5, 5.41) is 24.6. The van der Waals surface area contributed by atoms with Gasteiger partial charge in [0.15, 0.2) is 18.2 Å². The Bertz CT molecular complexity index is 2000. The van der Waals surface area contributed by atoms with Crippen LogP contribution in [0.25, 0.3) is 17.0 Å². The lowest BCUT2D eigenvalue weighted by molar-refractivity contribution is -0.302. The topological polar surface area (TPSA) is 154 Å². The van der Waals surface area contributed by atoms with Crippen LogP contribution in [0.2, 0.25) is 0 Å². The van der Waals surface area contributed by atoms with Gasteiger partial charge in [0.25, 0.3) is 0 Å². The van der Waals surface area contributed by atoms with E-state index in [0.717, 1.165) is 16.5 Å². The number of cyclic esters (lactones) is 1. The number of esters is 2. The summed E-state index contributed by atoms with van der Waals surface area (Å²) in [6.07, 6.45) is 2.09. The SMILES string of the molecule is CC[C@H]1OC(=O)[C@H](C)[C@@H](O)[C@H](C)[C@@H](O[C@@H]2O[C@H](C)C[C@H](N(C)C)[C@H]2OC(=O)c2ccccc2)[C@](C)(OC/C=C/c2cnc3ccccc3c2)C[C@@H](C)C(=O)/C(C)=C/[C@]1(C)O. The van der Waals surface area contributed by atoms with E-state index in [9.17, 15) is 24.6 Å². The number of nitrogens with zero attached hydrogens (tertiary/aromatic N) is 2. The number of pyridine rings is 1. The second-order valence-electron chi connectivity index (χ2n) is 17.4. The van der Waals surface area contributed by atoms with E-state index in [0.29, 0.717) is 17.6 Å². The van der Waals surface area contributed by atoms with Crippen molar-refractivity contribution in [2.45, 2.75) is 129 Å². The first-order valence-electron chi connectivity index (χ1n) is 21.1. The number of ether oxygens (including phenoxy) is 5. The first kappa shape index (κ1) is 46.8. The van der Waals surface area contributed by atoms with Crippen molar-refractivity contribution < 1.29 is 48.3 Å². The van der Waals surface area contributed by atoms with Gasteiger partial charge < -0.3 is 38.8 Å². The summed E-state index contributed by atoms with van der Waals surface area (Å²) in [4.78, 5) is 48.2. The van der Waals surface area contributed by atoms with Crippen molar-refractivity contribution in [1.29, 1.82) is 0 Å². The molecule has 326 valence electrons. The van der Waals surface area contributed by atoms with Crippen molar-refractivity contribution in [3.63, 3.8) is 0 Å². The van der Waals surface area contributed by atoms with E-state index in [-0.39, 0.29) is 37.4 Å². The first-order valence-corrected chi connectivity index (χ1v) is 21.1. The Kier molecular flexibility index (Phi) is 15.6. The molecule has 12 nitrogen and oxygen atoms in total. The third-order valence-electron chi connectivity index (χ3n) is 12.1. The number of aromatic nitrogens is 1. The lowest BCUT2D eigenvalue weighted by atomic mass is 9.76. The number of ketones is 1. The highest BCUT2D eigenvalue weighted by molar-refractivity contribution is 5.96. The number of fused-ring (bicyclic) bond motifs is 1. The van der Waals surface area contributed by atoms with Crippen LogP contribution >= 0.6 is 0 Å². The summed E-state index contributed by atoms with van der Waals surface area (Å²) in [6, 6.07) is 18.2. The molecule has 0 radical (unpaired) electrons. The van der Waals surface area contributed by atoms with Crippen LogP contribution in [0, 0.1) is 17.8 Å². The van der Waals surface area contributed by atoms with Gasteiger partial charge in [-0.2, -0.15) is 0 Å². The molecule has 5 rings (SSSR count). The van der Waals surface area contributed by atoms with Crippen LogP contribution in [0.4, 0.5) is 0 Å². The predicted molar refractivity (Wildman–Crippen MR) is 230 cm³/mol. The van der Waals surface area contributed by atoms with Gasteiger partial charge in [0.2, 0.25) is 0 Å². The zero-order chi connectivity index (χ0) is 43.9. The van der Waals surface area contributed by atoms with Crippen molar-refractivity contribution in [1.82, 2.24) is 9.88 Å². The molecule has 1 aromatic heterocycles. The molecule has 0 unspecified atom stereocenters. The number of carbonyl (C=O) groups excluding carboxylic acids is 3. The molecule has 1 fully saturated rings. The second-order valence-corrected chi connectivity index (χ2v) is 17.4. The molecular weight excluding hydrogens is 765 g/mol. The van der Waals surface area contributed by atoms with E-state index < -0.39 is 71.6 Å². The van der Waals surface area contributed by atoms with E-state index in [2.05, 4.69) is 4.98 Å². The monoisotopic (exact) mass is 828 g/mol. The number of hydrogen-bond donors (Lipinski definition) is 2. The van der Waals surface area contributed by atoms with Crippen LogP contribution in [-0.2, 0) is 33.3 Å². The Hall–Kier alpha value is -4.30. The highest BCUT2D eigenvalue weighted by Crippen LogP contribution is 2.39. The third kappa shape index (κ3) is 11.1. The number of para-hydroxylation sites is 1. The van der Waals surface area contributed by atoms with Gasteiger partial charge in [0, 0.05) is 23.4 Å². The fourth-order valence-corrected chi connectivity index (χ4v) is 8.69. The van der Waals surface area contributed by atoms with Crippen LogP contribution < -0.4 is 0 Å². The predicted octanol–water partition coefficient (Wildman–Crippen LogP) is 6.96. The molecule has 12 atom stereocenters. The average Bonchev–Trinajstić information content (AvgIpc) is 3.22. The minimum absolute atomic E-state index is 0.0703. The Morgan fingerprint density at radius 2 is 1.72 bits per heavy atom. The molecule has 0 amide bonds. The molecule has 12 heteroatoms. The number of aliphatic hydroxyl groups excluding tert-OH is 1. The number of rotatable bonds is 10. The summed E-state index contributed by atoms with van der Waals surface area (Å²) < 4.78 is 32.5. The molecule has 3 heterocycles. The Balaban J connectivity index is 1.59. The summed E-state index contributed by atoms with van der Waals surface area (Å²) >= 11 is 0. The van der Waals surface area contributed by atoms with Crippen molar-refractivity contribution in [3.8, 4) is 0 Å². The largest absolute Gasteiger partial charge is 0.459 e. The molecule has 3 aromatic rings. The molecule has 60 heavy (non-hydrogen) atoms. The van der Waals surface area contributed by atoms with E-state index in [1.807, 2.05) is 81.4 Å². The molecule has 2 aliphatic rings. The third-order valence-corrected chi connectivity index (χ3v) is 12.1. The van der Waals surface area contributed by atoms with Gasteiger partial charge in [-0.15, -0.1) is 0 Å². The minimum Gasteiger partial charge on any atom is -0.459 e. The van der Waals surface area contributed by atoms with Gasteiger partial charge in [0.1, 0.15) is 11.7 Å². The molecule has 2 aromatic carbocycles. The number of benzene rings is 2. The fraction of sp³-hybridized carbons (Fsp3) is 0.542. The maximum Gasteiger partial charge on any atom is 0.338 e. The van der Waals surface area contributed by atoms with Crippen LogP contribution in [0.1, 0.15) is 90.6 Å². The van der Waals surface area contributed by atoms with Crippen molar-refractivity contribution in [2.24, 2.45) is 17.8 Å². The lowest BCUT2D eigenvalue weighted by Gasteiger charge is -2.48. The number of hydrogen-bond acceptors (Lipinski definition) is 12. The van der Waals surface area contributed by atoms with Crippen molar-refractivity contribution >= 4 is 34.7 Å². The number of likely N-dealkylation sites (N-methyl/N-ethyl adjacent to an activating group) is 1. The molecule has 0 aliphatic carbocycles. The number of carbonyl (C=O) groups is 3.